The highest BCUT2D eigenvalue weighted by molar-refractivity contribution is 6.04. The van der Waals surface area contributed by atoms with Crippen LogP contribution < -0.4 is 0 Å². The maximum absolute atomic E-state index is 5.44. The van der Waals surface area contributed by atoms with Crippen molar-refractivity contribution in [1.29, 1.82) is 0 Å². The molecule has 2 atom stereocenters. The zero-order valence-electron chi connectivity index (χ0n) is 30.4. The molecule has 2 unspecified atom stereocenters. The lowest BCUT2D eigenvalue weighted by molar-refractivity contribution is 0.653. The molecule has 0 amide bonds. The summed E-state index contributed by atoms with van der Waals surface area (Å²) in [7, 11) is 0. The van der Waals surface area contributed by atoms with E-state index in [1.165, 1.54) is 50.1 Å². The lowest BCUT2D eigenvalue weighted by atomic mass is 9.85. The fourth-order valence-electron chi connectivity index (χ4n) is 8.02. The van der Waals surface area contributed by atoms with Crippen LogP contribution in [-0.4, -0.2) is 5.71 Å². The molecule has 0 N–H and O–H groups in total. The second-order valence-electron chi connectivity index (χ2n) is 14.5. The van der Waals surface area contributed by atoms with Crippen molar-refractivity contribution in [3.05, 3.63) is 233 Å². The van der Waals surface area contributed by atoms with E-state index in [-0.39, 0.29) is 0 Å². The van der Waals surface area contributed by atoms with Gasteiger partial charge in [0.1, 0.15) is 0 Å². The van der Waals surface area contributed by atoms with Gasteiger partial charge in [-0.3, -0.25) is 4.99 Å². The molecule has 8 rings (SSSR count). The SMILES string of the molecule is C1=CCC(c2ccc(C3=N/C(c4ccc(-c5ccc(CCC(c6ccccc6)c6ccccc6)cc5)cc4)=C\CCC(c4ccccc4)C3)cc2)C=C1. The molecular formula is C52H47N. The fraction of sp³-hybridized carbons (Fsp3) is 0.173. The van der Waals surface area contributed by atoms with E-state index in [1.807, 2.05) is 0 Å². The summed E-state index contributed by atoms with van der Waals surface area (Å²) < 4.78 is 0. The summed E-state index contributed by atoms with van der Waals surface area (Å²) >= 11 is 0. The highest BCUT2D eigenvalue weighted by Gasteiger charge is 2.20. The van der Waals surface area contributed by atoms with Crippen molar-refractivity contribution < 1.29 is 0 Å². The quantitative estimate of drug-likeness (QED) is 0.136. The van der Waals surface area contributed by atoms with Crippen molar-refractivity contribution in [2.75, 3.05) is 0 Å². The van der Waals surface area contributed by atoms with E-state index in [2.05, 4.69) is 194 Å². The van der Waals surface area contributed by atoms with Crippen molar-refractivity contribution in [3.63, 3.8) is 0 Å². The predicted octanol–water partition coefficient (Wildman–Crippen LogP) is 13.5. The molecule has 0 spiro atoms. The molecule has 1 heteroatoms. The number of rotatable bonds is 10. The summed E-state index contributed by atoms with van der Waals surface area (Å²) in [5, 5.41) is 0. The topological polar surface area (TPSA) is 12.4 Å². The molecule has 2 aliphatic rings. The summed E-state index contributed by atoms with van der Waals surface area (Å²) in [5.41, 5.74) is 14.0. The van der Waals surface area contributed by atoms with Crippen LogP contribution in [0.15, 0.2) is 199 Å². The van der Waals surface area contributed by atoms with E-state index in [9.17, 15) is 0 Å². The Kier molecular flexibility index (Phi) is 10.8. The summed E-state index contributed by atoms with van der Waals surface area (Å²) in [4.78, 5) is 5.44. The van der Waals surface area contributed by atoms with Crippen LogP contribution in [-0.2, 0) is 6.42 Å². The van der Waals surface area contributed by atoms with Gasteiger partial charge in [0.15, 0.2) is 0 Å². The first kappa shape index (κ1) is 34.3. The van der Waals surface area contributed by atoms with Crippen LogP contribution in [0.2, 0.25) is 0 Å². The van der Waals surface area contributed by atoms with E-state index in [1.54, 1.807) is 0 Å². The Morgan fingerprint density at radius 1 is 0.547 bits per heavy atom. The highest BCUT2D eigenvalue weighted by atomic mass is 14.8. The second kappa shape index (κ2) is 16.7. The lowest BCUT2D eigenvalue weighted by Crippen LogP contribution is -2.11. The monoisotopic (exact) mass is 685 g/mol. The first-order valence-electron chi connectivity index (χ1n) is 19.3. The molecular weight excluding hydrogens is 639 g/mol. The van der Waals surface area contributed by atoms with Gasteiger partial charge in [-0.15, -0.1) is 0 Å². The van der Waals surface area contributed by atoms with Crippen LogP contribution in [0.5, 0.6) is 0 Å². The van der Waals surface area contributed by atoms with Gasteiger partial charge in [0.2, 0.25) is 0 Å². The molecule has 1 aliphatic heterocycles. The van der Waals surface area contributed by atoms with Gasteiger partial charge in [0.25, 0.3) is 0 Å². The molecule has 0 saturated carbocycles. The number of allylic oxidation sites excluding steroid dienone is 5. The third kappa shape index (κ3) is 8.48. The van der Waals surface area contributed by atoms with Crippen LogP contribution in [0.4, 0.5) is 0 Å². The molecule has 0 bridgehead atoms. The maximum Gasteiger partial charge on any atom is 0.0665 e. The van der Waals surface area contributed by atoms with E-state index < -0.39 is 0 Å². The van der Waals surface area contributed by atoms with Crippen LogP contribution >= 0.6 is 0 Å². The summed E-state index contributed by atoms with van der Waals surface area (Å²) in [5.74, 6) is 1.27. The lowest BCUT2D eigenvalue weighted by Gasteiger charge is -2.22. The van der Waals surface area contributed by atoms with E-state index in [4.69, 9.17) is 4.99 Å². The average molecular weight is 686 g/mol. The van der Waals surface area contributed by atoms with Crippen molar-refractivity contribution in [2.24, 2.45) is 4.99 Å². The van der Waals surface area contributed by atoms with Gasteiger partial charge in [-0.1, -0.05) is 194 Å². The number of aryl methyl sites for hydroxylation is 1. The van der Waals surface area contributed by atoms with E-state index >= 15 is 0 Å². The molecule has 6 aromatic rings. The molecule has 0 aromatic heterocycles. The zero-order chi connectivity index (χ0) is 35.7. The van der Waals surface area contributed by atoms with Crippen LogP contribution in [0.1, 0.15) is 88.8 Å². The first-order chi connectivity index (χ1) is 26.3. The smallest absolute Gasteiger partial charge is 0.0665 e. The van der Waals surface area contributed by atoms with Gasteiger partial charge < -0.3 is 0 Å². The molecule has 1 heterocycles. The molecule has 0 saturated heterocycles. The van der Waals surface area contributed by atoms with E-state index in [0.29, 0.717) is 17.8 Å². The fourth-order valence-corrected chi connectivity index (χ4v) is 8.02. The largest absolute Gasteiger partial charge is 0.253 e. The number of nitrogens with zero attached hydrogens (tertiary/aromatic N) is 1. The molecule has 53 heavy (non-hydrogen) atoms. The third-order valence-electron chi connectivity index (χ3n) is 11.1. The second-order valence-corrected chi connectivity index (χ2v) is 14.5. The van der Waals surface area contributed by atoms with E-state index in [0.717, 1.165) is 49.9 Å². The highest BCUT2D eigenvalue weighted by Crippen LogP contribution is 2.34. The molecule has 0 radical (unpaired) electrons. The molecule has 0 fully saturated rings. The minimum Gasteiger partial charge on any atom is -0.253 e. The van der Waals surface area contributed by atoms with Crippen LogP contribution in [0.3, 0.4) is 0 Å². The summed E-state index contributed by atoms with van der Waals surface area (Å²) in [6, 6.07) is 60.2. The van der Waals surface area contributed by atoms with Gasteiger partial charge in [0.05, 0.1) is 5.70 Å². The van der Waals surface area contributed by atoms with Gasteiger partial charge in [-0.2, -0.15) is 0 Å². The van der Waals surface area contributed by atoms with Crippen molar-refractivity contribution in [1.82, 2.24) is 0 Å². The minimum atomic E-state index is 0.385. The molecule has 1 aliphatic carbocycles. The normalized spacial score (nSPS) is 18.1. The third-order valence-corrected chi connectivity index (χ3v) is 11.1. The van der Waals surface area contributed by atoms with Crippen molar-refractivity contribution in [2.45, 2.75) is 56.3 Å². The Morgan fingerprint density at radius 2 is 1.13 bits per heavy atom. The Balaban J connectivity index is 0.996. The minimum absolute atomic E-state index is 0.385. The van der Waals surface area contributed by atoms with Crippen molar-refractivity contribution in [3.8, 4) is 11.1 Å². The summed E-state index contributed by atoms with van der Waals surface area (Å²) in [6.45, 7) is 0. The van der Waals surface area contributed by atoms with Crippen LogP contribution in [0, 0.1) is 0 Å². The average Bonchev–Trinajstić information content (AvgIpc) is 3.23. The van der Waals surface area contributed by atoms with Gasteiger partial charge in [-0.05, 0) is 94.5 Å². The number of hydrogen-bond acceptors (Lipinski definition) is 1. The zero-order valence-corrected chi connectivity index (χ0v) is 30.4. The van der Waals surface area contributed by atoms with Crippen LogP contribution in [0.25, 0.3) is 16.8 Å². The summed E-state index contributed by atoms with van der Waals surface area (Å²) in [6.07, 6.45) is 17.4. The Hall–Kier alpha value is -5.79. The Labute approximate surface area is 315 Å². The molecule has 260 valence electrons. The number of benzene rings is 6. The maximum atomic E-state index is 5.44. The molecule has 6 aromatic carbocycles. The van der Waals surface area contributed by atoms with Gasteiger partial charge in [-0.25, -0.2) is 0 Å². The Bertz CT molecular complexity index is 2150. The Morgan fingerprint density at radius 3 is 1.75 bits per heavy atom. The number of aliphatic imine (C=N–C) groups is 1. The number of hydrogen-bond donors (Lipinski definition) is 0. The first-order valence-corrected chi connectivity index (χ1v) is 19.3. The predicted molar refractivity (Wildman–Crippen MR) is 225 cm³/mol. The van der Waals surface area contributed by atoms with Gasteiger partial charge >= 0.3 is 0 Å². The molecule has 1 nitrogen and oxygen atoms in total. The van der Waals surface area contributed by atoms with Crippen molar-refractivity contribution >= 4 is 11.4 Å². The standard InChI is InChI=1S/C52H47N/c1-5-14-40(15-6-1)43-31-35-48(36-32-43)52-38-49(41-16-7-2-8-17-41)22-13-23-51(53-52)47-33-29-44(30-34-47)42-27-24-39(25-28-42)26-37-50(45-18-9-3-10-19-45)46-20-11-4-12-21-46/h1-12,14,16-21,23-25,27-36,40,49-50H,13,15,22,26,37-38H2/b51-23-,53-52?. The van der Waals surface area contributed by atoms with Gasteiger partial charge in [0, 0.05) is 17.5 Å².